The Bertz CT molecular complexity index is 373. The maximum atomic E-state index is 10.8. The van der Waals surface area contributed by atoms with Gasteiger partial charge < -0.3 is 5.11 Å². The van der Waals surface area contributed by atoms with Gasteiger partial charge in [0.25, 0.3) is 0 Å². The second-order valence-electron chi connectivity index (χ2n) is 3.01. The van der Waals surface area contributed by atoms with Crippen molar-refractivity contribution in [2.75, 3.05) is 6.61 Å². The standard InChI is InChI=1S/C9H11ClN2O2S/c1-5(3-13)15-9-7(4-14)8(10)11-6(2)12-9/h4-5,13H,3H2,1-2H3. The lowest BCUT2D eigenvalue weighted by Gasteiger charge is -2.09. The van der Waals surface area contributed by atoms with Gasteiger partial charge in [-0.25, -0.2) is 9.97 Å². The van der Waals surface area contributed by atoms with Gasteiger partial charge in [-0.2, -0.15) is 0 Å². The van der Waals surface area contributed by atoms with Gasteiger partial charge in [0.15, 0.2) is 6.29 Å². The number of hydrogen-bond donors (Lipinski definition) is 1. The number of aromatic nitrogens is 2. The quantitative estimate of drug-likeness (QED) is 0.498. The number of rotatable bonds is 4. The van der Waals surface area contributed by atoms with Crippen LogP contribution in [-0.2, 0) is 0 Å². The van der Waals surface area contributed by atoms with Crippen LogP contribution in [-0.4, -0.2) is 33.2 Å². The highest BCUT2D eigenvalue weighted by molar-refractivity contribution is 7.99. The summed E-state index contributed by atoms with van der Waals surface area (Å²) < 4.78 is 0. The lowest BCUT2D eigenvalue weighted by atomic mass is 10.4. The van der Waals surface area contributed by atoms with Crippen LogP contribution in [0.2, 0.25) is 5.15 Å². The van der Waals surface area contributed by atoms with Crippen LogP contribution in [0.1, 0.15) is 23.1 Å². The van der Waals surface area contributed by atoms with Crippen molar-refractivity contribution in [1.29, 1.82) is 0 Å². The summed E-state index contributed by atoms with van der Waals surface area (Å²) in [6.07, 6.45) is 0.633. The van der Waals surface area contributed by atoms with Crippen LogP contribution in [0.25, 0.3) is 0 Å². The number of aliphatic hydroxyl groups is 1. The van der Waals surface area contributed by atoms with Crippen molar-refractivity contribution in [3.63, 3.8) is 0 Å². The van der Waals surface area contributed by atoms with Gasteiger partial charge in [0, 0.05) is 5.25 Å². The van der Waals surface area contributed by atoms with Crippen molar-refractivity contribution >= 4 is 29.6 Å². The second kappa shape index (κ2) is 5.44. The van der Waals surface area contributed by atoms with Crippen molar-refractivity contribution in [1.82, 2.24) is 9.97 Å². The zero-order chi connectivity index (χ0) is 11.4. The van der Waals surface area contributed by atoms with Crippen molar-refractivity contribution in [3.05, 3.63) is 16.5 Å². The van der Waals surface area contributed by atoms with E-state index in [4.69, 9.17) is 16.7 Å². The Morgan fingerprint density at radius 2 is 2.27 bits per heavy atom. The van der Waals surface area contributed by atoms with Crippen LogP contribution in [0.15, 0.2) is 5.03 Å². The molecule has 0 amide bonds. The predicted molar refractivity (Wildman–Crippen MR) is 59.6 cm³/mol. The topological polar surface area (TPSA) is 63.1 Å². The molecule has 82 valence electrons. The number of hydrogen-bond acceptors (Lipinski definition) is 5. The summed E-state index contributed by atoms with van der Waals surface area (Å²) in [6, 6.07) is 0. The highest BCUT2D eigenvalue weighted by Gasteiger charge is 2.14. The minimum absolute atomic E-state index is 0.0175. The third-order valence-corrected chi connectivity index (χ3v) is 3.04. The average Bonchev–Trinajstić information content (AvgIpc) is 2.17. The Hall–Kier alpha value is -0.650. The molecule has 0 fully saturated rings. The molecule has 1 heterocycles. The highest BCUT2D eigenvalue weighted by Crippen LogP contribution is 2.27. The first-order valence-electron chi connectivity index (χ1n) is 4.35. The Labute approximate surface area is 97.1 Å². The van der Waals surface area contributed by atoms with Crippen molar-refractivity contribution < 1.29 is 9.90 Å². The molecule has 6 heteroatoms. The van der Waals surface area contributed by atoms with E-state index in [2.05, 4.69) is 9.97 Å². The second-order valence-corrected chi connectivity index (χ2v) is 4.79. The van der Waals surface area contributed by atoms with Crippen LogP contribution in [0.3, 0.4) is 0 Å². The normalized spacial score (nSPS) is 12.5. The first kappa shape index (κ1) is 12.4. The van der Waals surface area contributed by atoms with Gasteiger partial charge in [-0.05, 0) is 6.92 Å². The molecule has 1 rings (SSSR count). The molecule has 0 saturated carbocycles. The number of carbonyl (C=O) groups excluding carboxylic acids is 1. The van der Waals surface area contributed by atoms with E-state index in [0.717, 1.165) is 0 Å². The molecule has 1 unspecified atom stereocenters. The van der Waals surface area contributed by atoms with Gasteiger partial charge in [-0.3, -0.25) is 4.79 Å². The zero-order valence-electron chi connectivity index (χ0n) is 8.40. The summed E-state index contributed by atoms with van der Waals surface area (Å²) in [5, 5.41) is 9.55. The third kappa shape index (κ3) is 3.15. The van der Waals surface area contributed by atoms with E-state index in [1.54, 1.807) is 6.92 Å². The Morgan fingerprint density at radius 3 is 2.80 bits per heavy atom. The molecule has 1 N–H and O–H groups in total. The molecule has 4 nitrogen and oxygen atoms in total. The minimum atomic E-state index is -0.0333. The van der Waals surface area contributed by atoms with Gasteiger partial charge in [-0.1, -0.05) is 18.5 Å². The molecule has 0 spiro atoms. The van der Waals surface area contributed by atoms with E-state index in [9.17, 15) is 4.79 Å². The summed E-state index contributed by atoms with van der Waals surface area (Å²) >= 11 is 7.11. The van der Waals surface area contributed by atoms with E-state index < -0.39 is 0 Å². The molecule has 0 radical (unpaired) electrons. The summed E-state index contributed by atoms with van der Waals surface area (Å²) in [5.74, 6) is 0.512. The van der Waals surface area contributed by atoms with Gasteiger partial charge in [-0.15, -0.1) is 11.8 Å². The lowest BCUT2D eigenvalue weighted by molar-refractivity contribution is 0.112. The number of thioether (sulfide) groups is 1. The molecule has 0 saturated heterocycles. The molecule has 1 aromatic rings. The number of aryl methyl sites for hydroxylation is 1. The monoisotopic (exact) mass is 246 g/mol. The molecule has 0 aliphatic heterocycles. The largest absolute Gasteiger partial charge is 0.395 e. The molecule has 0 aromatic carbocycles. The Kier molecular flexibility index (Phi) is 4.50. The first-order valence-corrected chi connectivity index (χ1v) is 5.61. The molecule has 0 aliphatic carbocycles. The molecular formula is C9H11ClN2O2S. The van der Waals surface area contributed by atoms with Crippen molar-refractivity contribution in [2.24, 2.45) is 0 Å². The Morgan fingerprint density at radius 1 is 1.60 bits per heavy atom. The number of aldehydes is 1. The molecular weight excluding hydrogens is 236 g/mol. The van der Waals surface area contributed by atoms with Gasteiger partial charge in [0.2, 0.25) is 0 Å². The third-order valence-electron chi connectivity index (χ3n) is 1.66. The summed E-state index contributed by atoms with van der Waals surface area (Å²) in [4.78, 5) is 18.8. The summed E-state index contributed by atoms with van der Waals surface area (Å²) in [6.45, 7) is 3.56. The number of halogens is 1. The van der Waals surface area contributed by atoms with Crippen LogP contribution >= 0.6 is 23.4 Å². The van der Waals surface area contributed by atoms with E-state index in [1.807, 2.05) is 6.92 Å². The van der Waals surface area contributed by atoms with Crippen LogP contribution in [0, 0.1) is 6.92 Å². The van der Waals surface area contributed by atoms with E-state index in [0.29, 0.717) is 17.1 Å². The van der Waals surface area contributed by atoms with Gasteiger partial charge >= 0.3 is 0 Å². The van der Waals surface area contributed by atoms with Crippen LogP contribution < -0.4 is 0 Å². The molecule has 1 atom stereocenters. The Balaban J connectivity index is 3.09. The van der Waals surface area contributed by atoms with Gasteiger partial charge in [0.05, 0.1) is 12.2 Å². The first-order chi connectivity index (χ1) is 7.08. The fourth-order valence-electron chi connectivity index (χ4n) is 0.939. The van der Waals surface area contributed by atoms with Gasteiger partial charge in [0.1, 0.15) is 16.0 Å². The van der Waals surface area contributed by atoms with E-state index in [1.165, 1.54) is 11.8 Å². The fraction of sp³-hybridized carbons (Fsp3) is 0.444. The number of nitrogens with zero attached hydrogens (tertiary/aromatic N) is 2. The van der Waals surface area contributed by atoms with Crippen molar-refractivity contribution in [3.8, 4) is 0 Å². The zero-order valence-corrected chi connectivity index (χ0v) is 9.97. The van der Waals surface area contributed by atoms with E-state index in [-0.39, 0.29) is 22.6 Å². The maximum absolute atomic E-state index is 10.8. The number of aliphatic hydroxyl groups excluding tert-OH is 1. The lowest BCUT2D eigenvalue weighted by Crippen LogP contribution is -2.05. The fourth-order valence-corrected chi connectivity index (χ4v) is 2.16. The summed E-state index contributed by atoms with van der Waals surface area (Å²) in [7, 11) is 0. The molecule has 1 aromatic heterocycles. The highest BCUT2D eigenvalue weighted by atomic mass is 35.5. The van der Waals surface area contributed by atoms with Crippen LogP contribution in [0.5, 0.6) is 0 Å². The SMILES string of the molecule is Cc1nc(Cl)c(C=O)c(SC(C)CO)n1. The van der Waals surface area contributed by atoms with Crippen molar-refractivity contribution in [2.45, 2.75) is 24.1 Å². The number of carbonyl (C=O) groups is 1. The van der Waals surface area contributed by atoms with Crippen LogP contribution in [0.4, 0.5) is 0 Å². The average molecular weight is 247 g/mol. The molecule has 0 aliphatic rings. The summed E-state index contributed by atoms with van der Waals surface area (Å²) in [5.41, 5.74) is 0.285. The predicted octanol–water partition coefficient (Wildman–Crippen LogP) is 1.72. The minimum Gasteiger partial charge on any atom is -0.395 e. The molecule has 0 bridgehead atoms. The van der Waals surface area contributed by atoms with E-state index >= 15 is 0 Å². The smallest absolute Gasteiger partial charge is 0.155 e. The maximum Gasteiger partial charge on any atom is 0.155 e. The molecule has 15 heavy (non-hydrogen) atoms.